The number of fused-ring (bicyclic) bond motifs is 2. The van der Waals surface area contributed by atoms with Crippen molar-refractivity contribution in [3.8, 4) is 0 Å². The minimum absolute atomic E-state index is 0.0821. The summed E-state index contributed by atoms with van der Waals surface area (Å²) in [4.78, 5) is 0. The van der Waals surface area contributed by atoms with Gasteiger partial charge in [0, 0.05) is 12.0 Å². The van der Waals surface area contributed by atoms with Gasteiger partial charge in [-0.2, -0.15) is 0 Å². The summed E-state index contributed by atoms with van der Waals surface area (Å²) in [7, 11) is 0. The van der Waals surface area contributed by atoms with Crippen molar-refractivity contribution >= 4 is 0 Å². The molecule has 0 aromatic heterocycles. The summed E-state index contributed by atoms with van der Waals surface area (Å²) in [6.45, 7) is 0.647. The van der Waals surface area contributed by atoms with E-state index in [1.54, 1.807) is 0 Å². The monoisotopic (exact) mass is 313 g/mol. The number of hydrogen-bond donors (Lipinski definition) is 1. The van der Waals surface area contributed by atoms with Gasteiger partial charge in [-0.25, -0.2) is 0 Å². The first kappa shape index (κ1) is 15.2. The third-order valence-electron chi connectivity index (χ3n) is 5.48. The molecule has 0 saturated heterocycles. The molecule has 4 rings (SSSR count). The summed E-state index contributed by atoms with van der Waals surface area (Å²) in [5.74, 6) is 0. The zero-order chi connectivity index (χ0) is 16.4. The van der Waals surface area contributed by atoms with Gasteiger partial charge in [0.2, 0.25) is 0 Å². The minimum Gasteiger partial charge on any atom is -0.329 e. The Labute approximate surface area is 144 Å². The molecule has 1 heteroatoms. The average Bonchev–Trinajstić information content (AvgIpc) is 2.66. The van der Waals surface area contributed by atoms with Crippen LogP contribution in [0.4, 0.5) is 0 Å². The predicted octanol–water partition coefficient (Wildman–Crippen LogP) is 4.47. The molecule has 2 N–H and O–H groups in total. The van der Waals surface area contributed by atoms with Crippen LogP contribution in [-0.4, -0.2) is 6.54 Å². The molecule has 0 atom stereocenters. The summed E-state index contributed by atoms with van der Waals surface area (Å²) in [5.41, 5.74) is 13.4. The van der Waals surface area contributed by atoms with Crippen molar-refractivity contribution < 1.29 is 0 Å². The topological polar surface area (TPSA) is 26.0 Å². The van der Waals surface area contributed by atoms with Crippen molar-refractivity contribution in [3.05, 3.63) is 107 Å². The molecule has 3 aromatic carbocycles. The lowest BCUT2D eigenvalue weighted by molar-refractivity contribution is 0.467. The summed E-state index contributed by atoms with van der Waals surface area (Å²) in [5, 5.41) is 0. The number of rotatable bonds is 4. The minimum atomic E-state index is -0.0821. The summed E-state index contributed by atoms with van der Waals surface area (Å²) >= 11 is 0. The van der Waals surface area contributed by atoms with Crippen LogP contribution in [-0.2, 0) is 18.3 Å². The second-order valence-corrected chi connectivity index (χ2v) is 6.76. The van der Waals surface area contributed by atoms with Crippen LogP contribution in [0.3, 0.4) is 0 Å². The molecule has 1 nitrogen and oxygen atoms in total. The Morgan fingerprint density at radius 3 is 1.83 bits per heavy atom. The Morgan fingerprint density at radius 1 is 0.708 bits per heavy atom. The molecule has 1 aliphatic carbocycles. The second kappa shape index (κ2) is 6.26. The number of aryl methyl sites for hydroxylation is 1. The first-order chi connectivity index (χ1) is 11.8. The Morgan fingerprint density at radius 2 is 1.25 bits per heavy atom. The van der Waals surface area contributed by atoms with E-state index in [9.17, 15) is 0 Å². The van der Waals surface area contributed by atoms with Crippen molar-refractivity contribution in [1.82, 2.24) is 0 Å². The molecule has 0 radical (unpaired) electrons. The van der Waals surface area contributed by atoms with Gasteiger partial charge in [0.1, 0.15) is 0 Å². The highest BCUT2D eigenvalue weighted by atomic mass is 14.6. The van der Waals surface area contributed by atoms with Gasteiger partial charge in [-0.1, -0.05) is 78.9 Å². The molecule has 3 aromatic rings. The van der Waals surface area contributed by atoms with Gasteiger partial charge in [-0.15, -0.1) is 0 Å². The van der Waals surface area contributed by atoms with Gasteiger partial charge in [0.05, 0.1) is 0 Å². The molecular weight excluding hydrogens is 290 g/mol. The maximum atomic E-state index is 6.43. The first-order valence-corrected chi connectivity index (χ1v) is 8.74. The Bertz CT molecular complexity index is 790. The van der Waals surface area contributed by atoms with E-state index in [1.807, 2.05) is 0 Å². The third-order valence-corrected chi connectivity index (χ3v) is 5.48. The van der Waals surface area contributed by atoms with Gasteiger partial charge < -0.3 is 5.73 Å². The fourth-order valence-electron chi connectivity index (χ4n) is 4.23. The Kier molecular flexibility index (Phi) is 3.95. The van der Waals surface area contributed by atoms with Crippen LogP contribution in [0, 0.1) is 0 Å². The molecule has 120 valence electrons. The van der Waals surface area contributed by atoms with Gasteiger partial charge in [-0.05, 0) is 47.1 Å². The molecule has 0 heterocycles. The predicted molar refractivity (Wildman–Crippen MR) is 100 cm³/mol. The van der Waals surface area contributed by atoms with Crippen LogP contribution in [0.5, 0.6) is 0 Å². The molecule has 0 unspecified atom stereocenters. The maximum absolute atomic E-state index is 6.43. The van der Waals surface area contributed by atoms with E-state index in [4.69, 9.17) is 5.73 Å². The second-order valence-electron chi connectivity index (χ2n) is 6.76. The van der Waals surface area contributed by atoms with Crippen LogP contribution in [0.25, 0.3) is 0 Å². The summed E-state index contributed by atoms with van der Waals surface area (Å²) < 4.78 is 0. The molecule has 24 heavy (non-hydrogen) atoms. The van der Waals surface area contributed by atoms with Crippen LogP contribution < -0.4 is 5.73 Å². The van der Waals surface area contributed by atoms with Crippen molar-refractivity contribution in [2.45, 2.75) is 24.7 Å². The normalized spacial score (nSPS) is 14.7. The molecule has 0 aliphatic heterocycles. The molecular formula is C23H23N. The van der Waals surface area contributed by atoms with Crippen LogP contribution in [0.1, 0.15) is 34.2 Å². The Balaban J connectivity index is 1.81. The van der Waals surface area contributed by atoms with Crippen LogP contribution >= 0.6 is 0 Å². The maximum Gasteiger partial charge on any atom is 0.0333 e. The Hall–Kier alpha value is -2.38. The quantitative estimate of drug-likeness (QED) is 0.755. The van der Waals surface area contributed by atoms with Crippen LogP contribution in [0.15, 0.2) is 78.9 Å². The van der Waals surface area contributed by atoms with Gasteiger partial charge in [-0.3, -0.25) is 0 Å². The summed E-state index contributed by atoms with van der Waals surface area (Å²) in [6.07, 6.45) is 3.10. The molecule has 0 fully saturated rings. The number of benzene rings is 3. The average molecular weight is 313 g/mol. The highest BCUT2D eigenvalue weighted by Gasteiger charge is 2.38. The van der Waals surface area contributed by atoms with Gasteiger partial charge >= 0.3 is 0 Å². The van der Waals surface area contributed by atoms with Crippen LogP contribution in [0.2, 0.25) is 0 Å². The zero-order valence-electron chi connectivity index (χ0n) is 13.9. The highest BCUT2D eigenvalue weighted by molar-refractivity contribution is 5.54. The van der Waals surface area contributed by atoms with Gasteiger partial charge in [0.15, 0.2) is 0 Å². The van der Waals surface area contributed by atoms with E-state index >= 15 is 0 Å². The molecule has 0 saturated carbocycles. The lowest BCUT2D eigenvalue weighted by Gasteiger charge is -2.40. The number of hydrogen-bond acceptors (Lipinski definition) is 1. The summed E-state index contributed by atoms with van der Waals surface area (Å²) in [6, 6.07) is 28.4. The van der Waals surface area contributed by atoms with Crippen molar-refractivity contribution in [1.29, 1.82) is 0 Å². The smallest absolute Gasteiger partial charge is 0.0333 e. The molecule has 0 bridgehead atoms. The van der Waals surface area contributed by atoms with E-state index in [-0.39, 0.29) is 5.41 Å². The molecule has 1 aliphatic rings. The van der Waals surface area contributed by atoms with Crippen molar-refractivity contribution in [2.24, 2.45) is 5.73 Å². The van der Waals surface area contributed by atoms with Crippen molar-refractivity contribution in [2.75, 3.05) is 6.54 Å². The fourth-order valence-corrected chi connectivity index (χ4v) is 4.23. The first-order valence-electron chi connectivity index (χ1n) is 8.74. The standard InChI is InChI=1S/C23H23N/c24-17-23(15-14-18-8-2-1-3-9-18)21-12-6-4-10-19(21)16-20-11-5-7-13-22(20)23/h1-13H,14-17,24H2. The fraction of sp³-hybridized carbons (Fsp3) is 0.217. The van der Waals surface area contributed by atoms with E-state index < -0.39 is 0 Å². The van der Waals surface area contributed by atoms with E-state index in [2.05, 4.69) is 78.9 Å². The van der Waals surface area contributed by atoms with E-state index in [0.717, 1.165) is 19.3 Å². The van der Waals surface area contributed by atoms with E-state index in [0.29, 0.717) is 6.54 Å². The van der Waals surface area contributed by atoms with E-state index in [1.165, 1.54) is 27.8 Å². The lowest BCUT2D eigenvalue weighted by atomic mass is 9.64. The molecule has 0 spiro atoms. The number of nitrogens with two attached hydrogens (primary N) is 1. The zero-order valence-corrected chi connectivity index (χ0v) is 13.9. The lowest BCUT2D eigenvalue weighted by Crippen LogP contribution is -2.41. The van der Waals surface area contributed by atoms with Gasteiger partial charge in [0.25, 0.3) is 0 Å². The van der Waals surface area contributed by atoms with Crippen molar-refractivity contribution in [3.63, 3.8) is 0 Å². The molecule has 0 amide bonds. The SMILES string of the molecule is NCC1(CCc2ccccc2)c2ccccc2Cc2ccccc21. The third kappa shape index (κ3) is 2.46. The largest absolute Gasteiger partial charge is 0.329 e. The highest BCUT2D eigenvalue weighted by Crippen LogP contribution is 2.44.